The first-order valence-corrected chi connectivity index (χ1v) is 3.32. The molecule has 0 bridgehead atoms. The highest BCUT2D eigenvalue weighted by Crippen LogP contribution is 2.07. The molecule has 0 aliphatic rings. The zero-order chi connectivity index (χ0) is 8.27. The molecule has 1 rings (SSSR count). The van der Waals surface area contributed by atoms with Crippen LogP contribution < -0.4 is 0 Å². The summed E-state index contributed by atoms with van der Waals surface area (Å²) in [5.41, 5.74) is 0.909. The lowest BCUT2D eigenvalue weighted by atomic mass is 10.2. The molecule has 0 atom stereocenters. The van der Waals surface area contributed by atoms with Gasteiger partial charge in [0, 0.05) is 12.0 Å². The molecule has 1 N–H and O–H groups in total. The smallest absolute Gasteiger partial charge is 0.303 e. The highest BCUT2D eigenvalue weighted by molar-refractivity contribution is 5.66. The molecule has 0 fully saturated rings. The van der Waals surface area contributed by atoms with E-state index in [0.29, 0.717) is 12.2 Å². The van der Waals surface area contributed by atoms with E-state index >= 15 is 0 Å². The summed E-state index contributed by atoms with van der Waals surface area (Å²) in [5, 5.41) is 11.9. The number of aliphatic carboxylic acids is 1. The third-order valence-electron chi connectivity index (χ3n) is 1.42. The van der Waals surface area contributed by atoms with E-state index in [1.165, 1.54) is 0 Å². The van der Waals surface area contributed by atoms with Crippen molar-refractivity contribution in [3.05, 3.63) is 17.5 Å². The Labute approximate surface area is 63.8 Å². The van der Waals surface area contributed by atoms with Crippen molar-refractivity contribution in [2.45, 2.75) is 19.8 Å². The predicted octanol–water partition coefficient (Wildman–Crippen LogP) is 1.00. The van der Waals surface area contributed by atoms with Crippen LogP contribution in [0.5, 0.6) is 0 Å². The van der Waals surface area contributed by atoms with Crippen LogP contribution in [0.2, 0.25) is 0 Å². The molecule has 0 aromatic carbocycles. The van der Waals surface area contributed by atoms with Crippen LogP contribution in [0, 0.1) is 6.92 Å². The number of aromatic nitrogens is 1. The molecule has 60 valence electrons. The first-order chi connectivity index (χ1) is 5.20. The number of rotatable bonds is 3. The number of carbonyl (C=O) groups is 1. The average molecular weight is 155 g/mol. The SMILES string of the molecule is Cc1cnoc1CCC(=O)O. The van der Waals surface area contributed by atoms with Crippen LogP contribution in [0.1, 0.15) is 17.7 Å². The Morgan fingerprint density at radius 1 is 1.82 bits per heavy atom. The van der Waals surface area contributed by atoms with Gasteiger partial charge in [-0.25, -0.2) is 0 Å². The lowest BCUT2D eigenvalue weighted by Gasteiger charge is -1.91. The van der Waals surface area contributed by atoms with Gasteiger partial charge in [0.25, 0.3) is 0 Å². The summed E-state index contributed by atoms with van der Waals surface area (Å²) in [6.45, 7) is 1.84. The van der Waals surface area contributed by atoms with Crippen molar-refractivity contribution in [3.8, 4) is 0 Å². The van der Waals surface area contributed by atoms with E-state index in [0.717, 1.165) is 5.56 Å². The second-order valence-corrected chi connectivity index (χ2v) is 2.33. The van der Waals surface area contributed by atoms with Gasteiger partial charge in [0.05, 0.1) is 12.6 Å². The van der Waals surface area contributed by atoms with E-state index in [9.17, 15) is 4.79 Å². The molecule has 4 heteroatoms. The van der Waals surface area contributed by atoms with Crippen LogP contribution in [-0.4, -0.2) is 16.2 Å². The highest BCUT2D eigenvalue weighted by Gasteiger charge is 2.05. The predicted molar refractivity (Wildman–Crippen MR) is 37.2 cm³/mol. The first-order valence-electron chi connectivity index (χ1n) is 3.32. The van der Waals surface area contributed by atoms with Gasteiger partial charge in [-0.1, -0.05) is 5.16 Å². The van der Waals surface area contributed by atoms with Gasteiger partial charge in [-0.2, -0.15) is 0 Å². The summed E-state index contributed by atoms with van der Waals surface area (Å²) < 4.78 is 4.80. The number of hydrogen-bond acceptors (Lipinski definition) is 3. The highest BCUT2D eigenvalue weighted by atomic mass is 16.5. The van der Waals surface area contributed by atoms with E-state index in [2.05, 4.69) is 5.16 Å². The number of hydrogen-bond donors (Lipinski definition) is 1. The van der Waals surface area contributed by atoms with Gasteiger partial charge >= 0.3 is 5.97 Å². The van der Waals surface area contributed by atoms with Gasteiger partial charge in [0.15, 0.2) is 0 Å². The van der Waals surface area contributed by atoms with Crippen LogP contribution in [-0.2, 0) is 11.2 Å². The van der Waals surface area contributed by atoms with Crippen molar-refractivity contribution in [1.29, 1.82) is 0 Å². The summed E-state index contributed by atoms with van der Waals surface area (Å²) in [6.07, 6.45) is 2.09. The number of carboxylic acid groups (broad SMARTS) is 1. The zero-order valence-corrected chi connectivity index (χ0v) is 6.20. The Morgan fingerprint density at radius 2 is 2.55 bits per heavy atom. The standard InChI is InChI=1S/C7H9NO3/c1-5-4-8-11-6(5)2-3-7(9)10/h4H,2-3H2,1H3,(H,9,10). The minimum atomic E-state index is -0.819. The molecule has 0 radical (unpaired) electrons. The van der Waals surface area contributed by atoms with Crippen LogP contribution in [0.3, 0.4) is 0 Å². The number of carboxylic acids is 1. The normalized spacial score (nSPS) is 9.91. The van der Waals surface area contributed by atoms with Crippen LogP contribution >= 0.6 is 0 Å². The fourth-order valence-electron chi connectivity index (χ4n) is 0.776. The van der Waals surface area contributed by atoms with Crippen molar-refractivity contribution >= 4 is 5.97 Å². The van der Waals surface area contributed by atoms with E-state index in [1.54, 1.807) is 6.20 Å². The maximum Gasteiger partial charge on any atom is 0.303 e. The average Bonchev–Trinajstić information content (AvgIpc) is 2.31. The number of nitrogens with zero attached hydrogens (tertiary/aromatic N) is 1. The van der Waals surface area contributed by atoms with Crippen molar-refractivity contribution in [2.24, 2.45) is 0 Å². The lowest BCUT2D eigenvalue weighted by Crippen LogP contribution is -1.97. The van der Waals surface area contributed by atoms with Crippen LogP contribution in [0.15, 0.2) is 10.7 Å². The fourth-order valence-corrected chi connectivity index (χ4v) is 0.776. The molecule has 11 heavy (non-hydrogen) atoms. The molecule has 0 aliphatic carbocycles. The maximum absolute atomic E-state index is 10.1. The minimum absolute atomic E-state index is 0.0933. The van der Waals surface area contributed by atoms with Crippen LogP contribution in [0.4, 0.5) is 0 Å². The Kier molecular flexibility index (Phi) is 2.25. The number of aryl methyl sites for hydroxylation is 2. The minimum Gasteiger partial charge on any atom is -0.481 e. The molecule has 0 aliphatic heterocycles. The monoisotopic (exact) mass is 155 g/mol. The second-order valence-electron chi connectivity index (χ2n) is 2.33. The van der Waals surface area contributed by atoms with Crippen molar-refractivity contribution in [2.75, 3.05) is 0 Å². The molecule has 0 unspecified atom stereocenters. The largest absolute Gasteiger partial charge is 0.481 e. The Bertz CT molecular complexity index is 254. The molecule has 1 aromatic heterocycles. The van der Waals surface area contributed by atoms with Gasteiger partial charge in [0.2, 0.25) is 0 Å². The summed E-state index contributed by atoms with van der Waals surface area (Å²) in [6, 6.07) is 0. The van der Waals surface area contributed by atoms with Gasteiger partial charge < -0.3 is 9.63 Å². The Balaban J connectivity index is 2.51. The Hall–Kier alpha value is -1.32. The molecule has 4 nitrogen and oxygen atoms in total. The van der Waals surface area contributed by atoms with Crippen molar-refractivity contribution in [3.63, 3.8) is 0 Å². The van der Waals surface area contributed by atoms with Gasteiger partial charge in [-0.3, -0.25) is 4.79 Å². The third-order valence-corrected chi connectivity index (χ3v) is 1.42. The first kappa shape index (κ1) is 7.78. The van der Waals surface area contributed by atoms with E-state index in [4.69, 9.17) is 9.63 Å². The summed E-state index contributed by atoms with van der Waals surface area (Å²) >= 11 is 0. The summed E-state index contributed by atoms with van der Waals surface area (Å²) in [5.74, 6) is -0.159. The summed E-state index contributed by atoms with van der Waals surface area (Å²) in [4.78, 5) is 10.1. The molecule has 0 saturated heterocycles. The molecule has 0 amide bonds. The second kappa shape index (κ2) is 3.18. The topological polar surface area (TPSA) is 63.3 Å². The molecule has 0 saturated carbocycles. The molecule has 1 aromatic rings. The van der Waals surface area contributed by atoms with Crippen LogP contribution in [0.25, 0.3) is 0 Å². The third kappa shape index (κ3) is 2.07. The lowest BCUT2D eigenvalue weighted by molar-refractivity contribution is -0.137. The van der Waals surface area contributed by atoms with E-state index in [1.807, 2.05) is 6.92 Å². The van der Waals surface area contributed by atoms with Gasteiger partial charge in [-0.15, -0.1) is 0 Å². The molecule has 0 spiro atoms. The Morgan fingerprint density at radius 3 is 3.00 bits per heavy atom. The van der Waals surface area contributed by atoms with Crippen molar-refractivity contribution < 1.29 is 14.4 Å². The fraction of sp³-hybridized carbons (Fsp3) is 0.429. The maximum atomic E-state index is 10.1. The van der Waals surface area contributed by atoms with Crippen molar-refractivity contribution in [1.82, 2.24) is 5.16 Å². The molecular formula is C7H9NO3. The van der Waals surface area contributed by atoms with E-state index in [-0.39, 0.29) is 6.42 Å². The summed E-state index contributed by atoms with van der Waals surface area (Å²) in [7, 11) is 0. The molecule has 1 heterocycles. The van der Waals surface area contributed by atoms with Gasteiger partial charge in [0.1, 0.15) is 5.76 Å². The zero-order valence-electron chi connectivity index (χ0n) is 6.20. The quantitative estimate of drug-likeness (QED) is 0.707. The molecular weight excluding hydrogens is 146 g/mol. The van der Waals surface area contributed by atoms with Gasteiger partial charge in [-0.05, 0) is 6.92 Å². The van der Waals surface area contributed by atoms with E-state index < -0.39 is 5.97 Å².